The Labute approximate surface area is 222 Å². The van der Waals surface area contributed by atoms with Gasteiger partial charge in [-0.15, -0.1) is 11.3 Å². The van der Waals surface area contributed by atoms with Gasteiger partial charge < -0.3 is 19.6 Å². The molecule has 1 N–H and O–H groups in total. The fraction of sp³-hybridized carbons (Fsp3) is 0.296. The Kier molecular flexibility index (Phi) is 7.28. The number of morpholine rings is 1. The van der Waals surface area contributed by atoms with Crippen molar-refractivity contribution in [3.63, 3.8) is 0 Å². The number of ketones is 1. The van der Waals surface area contributed by atoms with E-state index in [1.165, 1.54) is 40.5 Å². The molecule has 3 heterocycles. The minimum atomic E-state index is -1.35. The van der Waals surface area contributed by atoms with Crippen molar-refractivity contribution in [2.75, 3.05) is 26.3 Å². The number of ether oxygens (including phenoxy) is 1. The molecule has 2 aromatic carbocycles. The number of nitrogens with zero attached hydrogens (tertiary/aromatic N) is 2. The van der Waals surface area contributed by atoms with E-state index in [-0.39, 0.29) is 5.78 Å². The van der Waals surface area contributed by atoms with Crippen LogP contribution < -0.4 is 0 Å². The van der Waals surface area contributed by atoms with E-state index >= 15 is 0 Å². The van der Waals surface area contributed by atoms with Crippen LogP contribution in [0.5, 0.6) is 0 Å². The van der Waals surface area contributed by atoms with Gasteiger partial charge in [-0.05, 0) is 46.8 Å². The number of carbonyl (C=O) groups excluding carboxylic acids is 2. The number of Topliss-reactive ketones (excluding diaryl/α,β-unsaturated/α-hetero) is 1. The molecule has 37 heavy (non-hydrogen) atoms. The molecule has 4 unspecified atom stereocenters. The van der Waals surface area contributed by atoms with Crippen LogP contribution in [0.4, 0.5) is 9.18 Å². The number of carbonyl (C=O) groups is 3. The molecule has 7 nitrogen and oxygen atoms in total. The van der Waals surface area contributed by atoms with Gasteiger partial charge in [-0.3, -0.25) is 4.79 Å². The predicted octanol–water partition coefficient (Wildman–Crippen LogP) is 5.09. The number of thiophene rings is 1. The summed E-state index contributed by atoms with van der Waals surface area (Å²) in [6, 6.07) is 12.9. The van der Waals surface area contributed by atoms with E-state index in [9.17, 15) is 23.9 Å². The molecule has 0 spiro atoms. The van der Waals surface area contributed by atoms with Crippen molar-refractivity contribution in [1.29, 1.82) is 0 Å². The molecule has 3 aromatic rings. The Balaban J connectivity index is 1.72. The summed E-state index contributed by atoms with van der Waals surface area (Å²) in [5.41, 5.74) is 1.07. The molecule has 2 amide bonds. The van der Waals surface area contributed by atoms with Gasteiger partial charge in [-0.2, -0.15) is 0 Å². The lowest BCUT2D eigenvalue weighted by molar-refractivity contribution is -0.142. The summed E-state index contributed by atoms with van der Waals surface area (Å²) >= 11 is 7.37. The summed E-state index contributed by atoms with van der Waals surface area (Å²) in [7, 11) is 0. The van der Waals surface area contributed by atoms with Crippen LogP contribution in [-0.4, -0.2) is 65.0 Å². The van der Waals surface area contributed by atoms with Crippen LogP contribution in [-0.2, 0) is 9.53 Å². The first-order chi connectivity index (χ1) is 17.9. The van der Waals surface area contributed by atoms with Crippen molar-refractivity contribution in [3.05, 3.63) is 92.9 Å². The second-order valence-corrected chi connectivity index (χ2v) is 10.4. The minimum Gasteiger partial charge on any atom is -0.480 e. The van der Waals surface area contributed by atoms with Gasteiger partial charge in [0.25, 0.3) is 0 Å². The molecule has 4 atom stereocenters. The maximum absolute atomic E-state index is 14.1. The van der Waals surface area contributed by atoms with Crippen LogP contribution in [0.15, 0.2) is 66.0 Å². The molecule has 0 bridgehead atoms. The molecule has 0 aliphatic carbocycles. The molecule has 0 saturated carbocycles. The van der Waals surface area contributed by atoms with Gasteiger partial charge in [0, 0.05) is 24.0 Å². The fourth-order valence-electron chi connectivity index (χ4n) is 5.33. The highest BCUT2D eigenvalue weighted by molar-refractivity contribution is 7.12. The largest absolute Gasteiger partial charge is 0.480 e. The number of urea groups is 1. The monoisotopic (exact) mass is 542 g/mol. The van der Waals surface area contributed by atoms with Crippen LogP contribution >= 0.6 is 22.9 Å². The van der Waals surface area contributed by atoms with Crippen molar-refractivity contribution in [1.82, 2.24) is 9.80 Å². The van der Waals surface area contributed by atoms with Gasteiger partial charge in [0.15, 0.2) is 5.78 Å². The molecule has 10 heteroatoms. The molecule has 2 aliphatic heterocycles. The number of aliphatic carboxylic acids is 1. The van der Waals surface area contributed by atoms with Crippen LogP contribution in [0.3, 0.4) is 0 Å². The SMILES string of the molecule is O=C(c1cccs1)C1C(c2ccc(Cl)cc2)C(C(=O)O)N(C(=O)N2CCOCC2)C1c1ccc(F)cc1. The van der Waals surface area contributed by atoms with Gasteiger partial charge >= 0.3 is 12.0 Å². The first kappa shape index (κ1) is 25.4. The van der Waals surface area contributed by atoms with E-state index in [1.54, 1.807) is 46.7 Å². The number of rotatable bonds is 5. The molecular weight excluding hydrogens is 519 g/mol. The highest BCUT2D eigenvalue weighted by Gasteiger charge is 2.58. The second-order valence-electron chi connectivity index (χ2n) is 9.01. The third-order valence-electron chi connectivity index (χ3n) is 6.96. The number of carboxylic acid groups (broad SMARTS) is 1. The number of hydrogen-bond acceptors (Lipinski definition) is 5. The maximum atomic E-state index is 14.1. The van der Waals surface area contributed by atoms with Crippen molar-refractivity contribution < 1.29 is 28.6 Å². The average molecular weight is 543 g/mol. The first-order valence-corrected chi connectivity index (χ1v) is 13.1. The summed E-state index contributed by atoms with van der Waals surface area (Å²) in [4.78, 5) is 44.3. The number of amides is 2. The highest BCUT2D eigenvalue weighted by Crippen LogP contribution is 2.52. The smallest absolute Gasteiger partial charge is 0.327 e. The quantitative estimate of drug-likeness (QED) is 0.454. The topological polar surface area (TPSA) is 87.2 Å². The normalized spacial score (nSPS) is 23.7. The van der Waals surface area contributed by atoms with Crippen molar-refractivity contribution >= 4 is 40.7 Å². The van der Waals surface area contributed by atoms with Crippen LogP contribution in [0.25, 0.3) is 0 Å². The van der Waals surface area contributed by atoms with Crippen molar-refractivity contribution in [3.8, 4) is 0 Å². The lowest BCUT2D eigenvalue weighted by Crippen LogP contribution is -2.52. The summed E-state index contributed by atoms with van der Waals surface area (Å²) in [5.74, 6) is -3.78. The predicted molar refractivity (Wildman–Crippen MR) is 137 cm³/mol. The van der Waals surface area contributed by atoms with E-state index in [0.717, 1.165) is 0 Å². The number of likely N-dealkylation sites (tertiary alicyclic amines) is 1. The molecule has 2 saturated heterocycles. The van der Waals surface area contributed by atoms with Gasteiger partial charge in [-0.25, -0.2) is 14.0 Å². The van der Waals surface area contributed by atoms with Crippen LogP contribution in [0, 0.1) is 11.7 Å². The number of benzene rings is 2. The molecule has 1 aromatic heterocycles. The average Bonchev–Trinajstić information content (AvgIpc) is 3.56. The van der Waals surface area contributed by atoms with Crippen molar-refractivity contribution in [2.45, 2.75) is 18.0 Å². The minimum absolute atomic E-state index is 0.271. The maximum Gasteiger partial charge on any atom is 0.327 e. The molecule has 192 valence electrons. The Hall–Kier alpha value is -3.27. The highest BCUT2D eigenvalue weighted by atomic mass is 35.5. The Morgan fingerprint density at radius 2 is 1.62 bits per heavy atom. The van der Waals surface area contributed by atoms with Crippen LogP contribution in [0.2, 0.25) is 5.02 Å². The van der Waals surface area contributed by atoms with Crippen molar-refractivity contribution in [2.24, 2.45) is 5.92 Å². The van der Waals surface area contributed by atoms with E-state index in [1.807, 2.05) is 0 Å². The summed E-state index contributed by atoms with van der Waals surface area (Å²) in [6.07, 6.45) is 0. The van der Waals surface area contributed by atoms with Gasteiger partial charge in [-0.1, -0.05) is 41.9 Å². The molecule has 5 rings (SSSR count). The first-order valence-electron chi connectivity index (χ1n) is 11.8. The lowest BCUT2D eigenvalue weighted by Gasteiger charge is -2.36. The molecule has 0 radical (unpaired) electrons. The van der Waals surface area contributed by atoms with Crippen LogP contribution in [0.1, 0.15) is 32.8 Å². The fourth-order valence-corrected chi connectivity index (χ4v) is 6.17. The summed E-state index contributed by atoms with van der Waals surface area (Å²) < 4.78 is 19.3. The zero-order valence-electron chi connectivity index (χ0n) is 19.6. The number of halogens is 2. The van der Waals surface area contributed by atoms with E-state index in [2.05, 4.69) is 0 Å². The number of carboxylic acids is 1. The van der Waals surface area contributed by atoms with Gasteiger partial charge in [0.05, 0.1) is 30.1 Å². The van der Waals surface area contributed by atoms with E-state index < -0.39 is 41.7 Å². The molecule has 2 aliphatic rings. The van der Waals surface area contributed by atoms with E-state index in [4.69, 9.17) is 16.3 Å². The zero-order chi connectivity index (χ0) is 26.1. The number of hydrogen-bond donors (Lipinski definition) is 1. The standard InChI is InChI=1S/C27H24ClFN2O5S/c28-18-7-3-16(4-8-18)21-22(25(32)20-2-1-15-37-20)23(17-5-9-19(29)10-6-17)31(24(21)26(33)34)27(35)30-11-13-36-14-12-30/h1-10,15,21-24H,11-14H2,(H,33,34). The van der Waals surface area contributed by atoms with Gasteiger partial charge in [0.2, 0.25) is 0 Å². The summed E-state index contributed by atoms with van der Waals surface area (Å²) in [6.45, 7) is 1.26. The summed E-state index contributed by atoms with van der Waals surface area (Å²) in [5, 5.41) is 12.8. The lowest BCUT2D eigenvalue weighted by atomic mass is 9.77. The van der Waals surface area contributed by atoms with E-state index in [0.29, 0.717) is 47.3 Å². The molecule has 2 fully saturated rings. The second kappa shape index (κ2) is 10.6. The Morgan fingerprint density at radius 1 is 0.973 bits per heavy atom. The third kappa shape index (κ3) is 4.86. The Bertz CT molecular complexity index is 1280. The Morgan fingerprint density at radius 3 is 2.22 bits per heavy atom. The van der Waals surface area contributed by atoms with Gasteiger partial charge in [0.1, 0.15) is 11.9 Å². The molecular formula is C27H24ClFN2O5S. The third-order valence-corrected chi connectivity index (χ3v) is 8.09. The zero-order valence-corrected chi connectivity index (χ0v) is 21.2.